The Morgan fingerprint density at radius 2 is 1.91 bits per heavy atom. The summed E-state index contributed by atoms with van der Waals surface area (Å²) in [5, 5.41) is 17.5. The van der Waals surface area contributed by atoms with E-state index in [-0.39, 0.29) is 55.1 Å². The number of esters is 1. The average Bonchev–Trinajstić information content (AvgIpc) is 3.71. The van der Waals surface area contributed by atoms with Crippen molar-refractivity contribution in [1.82, 2.24) is 9.88 Å². The number of aliphatic hydroxyl groups excluding tert-OH is 1. The number of carbonyl (C=O) groups is 2. The first-order valence-corrected chi connectivity index (χ1v) is 16.1. The van der Waals surface area contributed by atoms with Gasteiger partial charge in [-0.3, -0.25) is 4.79 Å². The Balaban J connectivity index is 1.15. The van der Waals surface area contributed by atoms with E-state index in [0.717, 1.165) is 18.4 Å². The highest BCUT2D eigenvalue weighted by molar-refractivity contribution is 5.92. The van der Waals surface area contributed by atoms with Gasteiger partial charge >= 0.3 is 12.0 Å². The number of amides is 2. The van der Waals surface area contributed by atoms with Crippen molar-refractivity contribution in [2.24, 2.45) is 29.6 Å². The maximum absolute atomic E-state index is 13.6. The molecule has 2 saturated heterocycles. The highest BCUT2D eigenvalue weighted by atomic mass is 16.7. The van der Waals surface area contributed by atoms with Crippen LogP contribution in [0.15, 0.2) is 52.9 Å². The summed E-state index contributed by atoms with van der Waals surface area (Å²) in [5.74, 6) is 0.170. The topological polar surface area (TPSA) is 135 Å². The fourth-order valence-corrected chi connectivity index (χ4v) is 6.90. The van der Waals surface area contributed by atoms with Gasteiger partial charge < -0.3 is 39.3 Å². The number of oxazole rings is 1. The summed E-state index contributed by atoms with van der Waals surface area (Å²) in [5.41, 5.74) is 2.80. The number of benzene rings is 2. The van der Waals surface area contributed by atoms with Gasteiger partial charge in [0.1, 0.15) is 11.6 Å². The number of fused-ring (bicyclic) bond motifs is 2. The molecule has 3 heterocycles. The van der Waals surface area contributed by atoms with Crippen LogP contribution in [0.1, 0.15) is 38.7 Å². The first kappa shape index (κ1) is 31.3. The SMILES string of the molecule is CNc1nc2cc(NC(=O)N(CCC(C)C)C[C@@H](O)[C@@H](CC(=O)OC3C4COC5OCC3C5C4)Cc3ccccc3)ccc2o1. The average molecular weight is 621 g/mol. The van der Waals surface area contributed by atoms with Crippen molar-refractivity contribution in [2.75, 3.05) is 44.0 Å². The molecule has 45 heavy (non-hydrogen) atoms. The van der Waals surface area contributed by atoms with E-state index in [1.165, 1.54) is 0 Å². The van der Waals surface area contributed by atoms with E-state index >= 15 is 0 Å². The number of ether oxygens (including phenoxy) is 3. The highest BCUT2D eigenvalue weighted by Crippen LogP contribution is 2.49. The highest BCUT2D eigenvalue weighted by Gasteiger charge is 2.56. The molecule has 242 valence electrons. The first-order chi connectivity index (χ1) is 21.8. The van der Waals surface area contributed by atoms with Gasteiger partial charge in [0, 0.05) is 49.5 Å². The Morgan fingerprint density at radius 3 is 2.69 bits per heavy atom. The van der Waals surface area contributed by atoms with Crippen molar-refractivity contribution in [3.05, 3.63) is 54.1 Å². The molecule has 11 nitrogen and oxygen atoms in total. The van der Waals surface area contributed by atoms with Crippen LogP contribution in [-0.4, -0.2) is 78.8 Å². The van der Waals surface area contributed by atoms with Crippen molar-refractivity contribution in [3.8, 4) is 0 Å². The van der Waals surface area contributed by atoms with E-state index in [2.05, 4.69) is 29.5 Å². The lowest BCUT2D eigenvalue weighted by Gasteiger charge is -2.31. The number of aliphatic hydroxyl groups is 1. The second-order valence-corrected chi connectivity index (χ2v) is 13.0. The summed E-state index contributed by atoms with van der Waals surface area (Å²) in [7, 11) is 1.73. The molecule has 1 aromatic heterocycles. The summed E-state index contributed by atoms with van der Waals surface area (Å²) >= 11 is 0. The van der Waals surface area contributed by atoms with Crippen LogP contribution in [0.4, 0.5) is 16.5 Å². The molecule has 2 bridgehead atoms. The lowest BCUT2D eigenvalue weighted by Crippen LogP contribution is -2.44. The maximum Gasteiger partial charge on any atom is 0.321 e. The second-order valence-electron chi connectivity index (χ2n) is 13.0. The van der Waals surface area contributed by atoms with Gasteiger partial charge in [-0.1, -0.05) is 44.2 Å². The molecule has 0 radical (unpaired) electrons. The molecule has 1 aliphatic carbocycles. The van der Waals surface area contributed by atoms with Crippen LogP contribution in [0.2, 0.25) is 0 Å². The molecule has 3 N–H and O–H groups in total. The van der Waals surface area contributed by atoms with Crippen LogP contribution >= 0.6 is 0 Å². The van der Waals surface area contributed by atoms with E-state index in [4.69, 9.17) is 18.6 Å². The molecule has 3 fully saturated rings. The van der Waals surface area contributed by atoms with Crippen LogP contribution < -0.4 is 10.6 Å². The van der Waals surface area contributed by atoms with Crippen LogP contribution in [0.25, 0.3) is 11.1 Å². The summed E-state index contributed by atoms with van der Waals surface area (Å²) in [4.78, 5) is 33.1. The number of hydrogen-bond acceptors (Lipinski definition) is 9. The number of aromatic nitrogens is 1. The summed E-state index contributed by atoms with van der Waals surface area (Å²) in [6.07, 6.45) is 0.843. The van der Waals surface area contributed by atoms with Crippen molar-refractivity contribution in [3.63, 3.8) is 0 Å². The van der Waals surface area contributed by atoms with Crippen molar-refractivity contribution in [1.29, 1.82) is 0 Å². The minimum absolute atomic E-state index is 0.0398. The zero-order valence-electron chi connectivity index (χ0n) is 26.2. The van der Waals surface area contributed by atoms with Crippen molar-refractivity contribution < 1.29 is 33.3 Å². The predicted octanol–water partition coefficient (Wildman–Crippen LogP) is 4.91. The Morgan fingerprint density at radius 1 is 1.11 bits per heavy atom. The fraction of sp³-hybridized carbons (Fsp3) is 0.559. The van der Waals surface area contributed by atoms with Gasteiger partial charge in [0.25, 0.3) is 6.01 Å². The minimum Gasteiger partial charge on any atom is -0.462 e. The third kappa shape index (κ3) is 7.26. The zero-order valence-corrected chi connectivity index (χ0v) is 26.2. The molecule has 11 heteroatoms. The normalized spacial score (nSPS) is 24.9. The van der Waals surface area contributed by atoms with Gasteiger partial charge in [-0.05, 0) is 48.9 Å². The van der Waals surface area contributed by atoms with Gasteiger partial charge in [-0.15, -0.1) is 0 Å². The Kier molecular flexibility index (Phi) is 9.58. The van der Waals surface area contributed by atoms with Crippen LogP contribution in [-0.2, 0) is 25.4 Å². The smallest absolute Gasteiger partial charge is 0.321 e. The van der Waals surface area contributed by atoms with Crippen LogP contribution in [0.3, 0.4) is 0 Å². The minimum atomic E-state index is -0.961. The molecule has 6 rings (SSSR count). The molecule has 5 unspecified atom stereocenters. The Hall–Kier alpha value is -3.67. The standard InChI is InChI=1S/C34H44N4O7/c1-20(2)11-12-38(34(41)36-24-9-10-29-27(16-24)37-33(35-3)44-29)17-28(39)22(13-21-7-5-4-6-8-21)15-30(40)45-31-23-14-25-26(31)19-43-32(25)42-18-23/h4-10,16,20,22-23,25-26,28,31-32,39H,11-15,17-19H2,1-3H3,(H,35,37)(H,36,41)/t22-,23?,25?,26?,28-,31?,32?/m1/s1. The molecule has 3 aliphatic rings. The number of urea groups is 1. The quantitative estimate of drug-likeness (QED) is 0.228. The monoisotopic (exact) mass is 620 g/mol. The number of rotatable bonds is 13. The number of hydrogen-bond donors (Lipinski definition) is 3. The van der Waals surface area contributed by atoms with E-state index < -0.39 is 12.0 Å². The largest absolute Gasteiger partial charge is 0.462 e. The third-order valence-electron chi connectivity index (χ3n) is 9.39. The molecular weight excluding hydrogens is 576 g/mol. The Labute approximate surface area is 263 Å². The molecule has 1 saturated carbocycles. The molecule has 2 aromatic carbocycles. The summed E-state index contributed by atoms with van der Waals surface area (Å²) in [6, 6.07) is 15.1. The van der Waals surface area contributed by atoms with Gasteiger partial charge in [-0.25, -0.2) is 4.79 Å². The van der Waals surface area contributed by atoms with E-state index in [1.807, 2.05) is 30.3 Å². The second kappa shape index (κ2) is 13.8. The molecule has 2 aliphatic heterocycles. The molecular formula is C34H44N4O7. The first-order valence-electron chi connectivity index (χ1n) is 16.1. The lowest BCUT2D eigenvalue weighted by atomic mass is 9.90. The molecule has 3 aromatic rings. The van der Waals surface area contributed by atoms with E-state index in [9.17, 15) is 14.7 Å². The lowest BCUT2D eigenvalue weighted by molar-refractivity contribution is -0.178. The van der Waals surface area contributed by atoms with Crippen molar-refractivity contribution >= 4 is 34.8 Å². The van der Waals surface area contributed by atoms with E-state index in [0.29, 0.717) is 54.9 Å². The van der Waals surface area contributed by atoms with Crippen molar-refractivity contribution in [2.45, 2.75) is 58.0 Å². The molecule has 0 spiro atoms. The summed E-state index contributed by atoms with van der Waals surface area (Å²) in [6.45, 7) is 5.79. The molecule has 7 atom stereocenters. The van der Waals surface area contributed by atoms with Gasteiger partial charge in [0.15, 0.2) is 11.9 Å². The van der Waals surface area contributed by atoms with Gasteiger partial charge in [0.05, 0.1) is 25.7 Å². The number of anilines is 2. The van der Waals surface area contributed by atoms with Crippen LogP contribution in [0, 0.1) is 29.6 Å². The number of carbonyl (C=O) groups excluding carboxylic acids is 2. The van der Waals surface area contributed by atoms with Gasteiger partial charge in [-0.2, -0.15) is 4.98 Å². The Bertz CT molecular complexity index is 1460. The maximum atomic E-state index is 13.6. The summed E-state index contributed by atoms with van der Waals surface area (Å²) < 4.78 is 23.3. The fourth-order valence-electron chi connectivity index (χ4n) is 6.90. The number of nitrogens with zero attached hydrogens (tertiary/aromatic N) is 2. The van der Waals surface area contributed by atoms with Crippen LogP contribution in [0.5, 0.6) is 0 Å². The molecule has 2 amide bonds. The zero-order chi connectivity index (χ0) is 31.5. The third-order valence-corrected chi connectivity index (χ3v) is 9.39. The van der Waals surface area contributed by atoms with E-state index in [1.54, 1.807) is 30.1 Å². The number of nitrogens with one attached hydrogen (secondary N) is 2. The van der Waals surface area contributed by atoms with Gasteiger partial charge in [0.2, 0.25) is 0 Å². The predicted molar refractivity (Wildman–Crippen MR) is 169 cm³/mol.